The standard InChI is InChI=1S/C16H19N5O3/c1-19(2)15(22)10-21-7-6-14(18-21)17-9-11-4-5-12-13(8-11)24-16(23)20(12)3/h4-8H,9-10H2,1-3H3,(H,17,18). The Kier molecular flexibility index (Phi) is 4.11. The predicted molar refractivity (Wildman–Crippen MR) is 89.7 cm³/mol. The molecule has 0 saturated heterocycles. The van der Waals surface area contributed by atoms with E-state index in [2.05, 4.69) is 10.4 Å². The summed E-state index contributed by atoms with van der Waals surface area (Å²) >= 11 is 0. The van der Waals surface area contributed by atoms with E-state index in [0.29, 0.717) is 17.9 Å². The van der Waals surface area contributed by atoms with E-state index in [1.807, 2.05) is 24.3 Å². The highest BCUT2D eigenvalue weighted by Crippen LogP contribution is 2.15. The minimum atomic E-state index is -0.376. The van der Waals surface area contributed by atoms with E-state index in [4.69, 9.17) is 4.42 Å². The van der Waals surface area contributed by atoms with Crippen LogP contribution >= 0.6 is 0 Å². The lowest BCUT2D eigenvalue weighted by atomic mass is 10.2. The largest absolute Gasteiger partial charge is 0.419 e. The molecule has 3 aromatic rings. The highest BCUT2D eigenvalue weighted by molar-refractivity contribution is 5.75. The summed E-state index contributed by atoms with van der Waals surface area (Å²) in [5, 5.41) is 7.50. The van der Waals surface area contributed by atoms with Gasteiger partial charge in [0.2, 0.25) is 5.91 Å². The fourth-order valence-corrected chi connectivity index (χ4v) is 2.30. The number of likely N-dealkylation sites (N-methyl/N-ethyl adjacent to an activating group) is 1. The third kappa shape index (κ3) is 3.17. The van der Waals surface area contributed by atoms with Crippen LogP contribution in [0.25, 0.3) is 11.1 Å². The molecule has 8 heteroatoms. The van der Waals surface area contributed by atoms with Crippen LogP contribution < -0.4 is 11.1 Å². The maximum atomic E-state index is 11.7. The van der Waals surface area contributed by atoms with Crippen molar-refractivity contribution in [2.45, 2.75) is 13.1 Å². The average molecular weight is 329 g/mol. The molecule has 3 rings (SSSR count). The molecule has 2 aromatic heterocycles. The van der Waals surface area contributed by atoms with Crippen molar-refractivity contribution in [3.05, 3.63) is 46.6 Å². The van der Waals surface area contributed by atoms with Crippen LogP contribution in [0.2, 0.25) is 0 Å². The monoisotopic (exact) mass is 329 g/mol. The van der Waals surface area contributed by atoms with Crippen LogP contribution in [0.5, 0.6) is 0 Å². The summed E-state index contributed by atoms with van der Waals surface area (Å²) in [5.41, 5.74) is 2.29. The van der Waals surface area contributed by atoms with E-state index < -0.39 is 0 Å². The quantitative estimate of drug-likeness (QED) is 0.755. The van der Waals surface area contributed by atoms with E-state index in [9.17, 15) is 9.59 Å². The molecule has 0 aliphatic heterocycles. The molecule has 0 aliphatic carbocycles. The minimum absolute atomic E-state index is 0.0193. The Morgan fingerprint density at radius 2 is 2.12 bits per heavy atom. The number of nitrogens with one attached hydrogen (secondary N) is 1. The SMILES string of the molecule is CN(C)C(=O)Cn1ccc(NCc2ccc3c(c2)oc(=O)n3C)n1. The van der Waals surface area contributed by atoms with Crippen LogP contribution in [-0.2, 0) is 24.9 Å². The van der Waals surface area contributed by atoms with Crippen LogP contribution in [0.3, 0.4) is 0 Å². The molecule has 8 nitrogen and oxygen atoms in total. The molecule has 1 N–H and O–H groups in total. The summed E-state index contributed by atoms with van der Waals surface area (Å²) in [6.07, 6.45) is 1.75. The van der Waals surface area contributed by atoms with Crippen molar-refractivity contribution in [2.75, 3.05) is 19.4 Å². The molecule has 0 bridgehead atoms. The van der Waals surface area contributed by atoms with Crippen molar-refractivity contribution in [3.8, 4) is 0 Å². The number of carbonyl (C=O) groups is 1. The van der Waals surface area contributed by atoms with Crippen molar-refractivity contribution < 1.29 is 9.21 Å². The topological polar surface area (TPSA) is 85.3 Å². The summed E-state index contributed by atoms with van der Waals surface area (Å²) < 4.78 is 8.24. The van der Waals surface area contributed by atoms with Crippen molar-refractivity contribution in [3.63, 3.8) is 0 Å². The molecule has 1 aromatic carbocycles. The number of hydrogen-bond donors (Lipinski definition) is 1. The molecule has 126 valence electrons. The maximum Gasteiger partial charge on any atom is 0.419 e. The van der Waals surface area contributed by atoms with Crippen LogP contribution in [-0.4, -0.2) is 39.3 Å². The van der Waals surface area contributed by atoms with Gasteiger partial charge in [-0.25, -0.2) is 4.79 Å². The lowest BCUT2D eigenvalue weighted by Gasteiger charge is -2.09. The number of nitrogens with zero attached hydrogens (tertiary/aromatic N) is 4. The van der Waals surface area contributed by atoms with Crippen molar-refractivity contribution in [2.24, 2.45) is 7.05 Å². The summed E-state index contributed by atoms with van der Waals surface area (Å²) in [4.78, 5) is 24.7. The molecule has 1 amide bonds. The number of amides is 1. The second-order valence-corrected chi connectivity index (χ2v) is 5.77. The molecular weight excluding hydrogens is 310 g/mol. The molecule has 0 unspecified atom stereocenters. The molecule has 0 fully saturated rings. The molecule has 2 heterocycles. The zero-order valence-electron chi connectivity index (χ0n) is 13.8. The van der Waals surface area contributed by atoms with Crippen molar-refractivity contribution in [1.29, 1.82) is 0 Å². The first-order chi connectivity index (χ1) is 11.4. The Bertz CT molecular complexity index is 935. The number of oxazole rings is 1. The Hall–Kier alpha value is -3.03. The van der Waals surface area contributed by atoms with Gasteiger partial charge in [0.1, 0.15) is 12.4 Å². The number of aryl methyl sites for hydroxylation is 1. The molecular formula is C16H19N5O3. The molecule has 0 saturated carbocycles. The van der Waals surface area contributed by atoms with Crippen molar-refractivity contribution in [1.82, 2.24) is 19.2 Å². The fourth-order valence-electron chi connectivity index (χ4n) is 2.30. The highest BCUT2D eigenvalue weighted by Gasteiger charge is 2.08. The predicted octanol–water partition coefficient (Wildman–Crippen LogP) is 1.03. The zero-order chi connectivity index (χ0) is 17.3. The van der Waals surface area contributed by atoms with E-state index >= 15 is 0 Å². The van der Waals surface area contributed by atoms with Crippen LogP contribution in [0, 0.1) is 0 Å². The number of anilines is 1. The molecule has 0 aliphatic rings. The fraction of sp³-hybridized carbons (Fsp3) is 0.312. The molecule has 0 atom stereocenters. The minimum Gasteiger partial charge on any atom is -0.408 e. The molecule has 24 heavy (non-hydrogen) atoms. The van der Waals surface area contributed by atoms with Gasteiger partial charge in [-0.15, -0.1) is 0 Å². The lowest BCUT2D eigenvalue weighted by molar-refractivity contribution is -0.129. The van der Waals surface area contributed by atoms with E-state index in [-0.39, 0.29) is 18.2 Å². The number of rotatable bonds is 5. The number of fused-ring (bicyclic) bond motifs is 1. The Morgan fingerprint density at radius 3 is 2.88 bits per heavy atom. The molecule has 0 spiro atoms. The molecule has 0 radical (unpaired) electrons. The van der Waals surface area contributed by atoms with Gasteiger partial charge < -0.3 is 14.6 Å². The van der Waals surface area contributed by atoms with Gasteiger partial charge in [0.05, 0.1) is 5.52 Å². The number of hydrogen-bond acceptors (Lipinski definition) is 5. The number of carbonyl (C=O) groups excluding carboxylic acids is 1. The zero-order valence-corrected chi connectivity index (χ0v) is 13.8. The van der Waals surface area contributed by atoms with Gasteiger partial charge in [0.25, 0.3) is 0 Å². The van der Waals surface area contributed by atoms with Gasteiger partial charge in [-0.2, -0.15) is 5.10 Å². The van der Waals surface area contributed by atoms with Crippen LogP contribution in [0.4, 0.5) is 5.82 Å². The second kappa shape index (κ2) is 6.23. The summed E-state index contributed by atoms with van der Waals surface area (Å²) in [5.74, 6) is 0.282. The summed E-state index contributed by atoms with van der Waals surface area (Å²) in [7, 11) is 5.10. The third-order valence-corrected chi connectivity index (χ3v) is 3.77. The van der Waals surface area contributed by atoms with E-state index in [0.717, 1.165) is 11.1 Å². The third-order valence-electron chi connectivity index (χ3n) is 3.77. The summed E-state index contributed by atoms with van der Waals surface area (Å²) in [6.45, 7) is 0.739. The lowest BCUT2D eigenvalue weighted by Crippen LogP contribution is -2.26. The van der Waals surface area contributed by atoms with Crippen LogP contribution in [0.1, 0.15) is 5.56 Å². The van der Waals surface area contributed by atoms with Gasteiger partial charge in [-0.05, 0) is 17.7 Å². The average Bonchev–Trinajstić information content (AvgIpc) is 3.10. The van der Waals surface area contributed by atoms with Gasteiger partial charge in [-0.1, -0.05) is 6.07 Å². The maximum absolute atomic E-state index is 11.7. The highest BCUT2D eigenvalue weighted by atomic mass is 16.4. The van der Waals surface area contributed by atoms with Crippen molar-refractivity contribution >= 4 is 22.8 Å². The first-order valence-electron chi connectivity index (χ1n) is 7.50. The normalized spacial score (nSPS) is 11.0. The van der Waals surface area contributed by atoms with E-state index in [1.54, 1.807) is 32.0 Å². The van der Waals surface area contributed by atoms with Gasteiger partial charge in [-0.3, -0.25) is 14.0 Å². The Morgan fingerprint density at radius 1 is 1.33 bits per heavy atom. The van der Waals surface area contributed by atoms with Gasteiger partial charge in [0.15, 0.2) is 5.58 Å². The Balaban J connectivity index is 1.66. The van der Waals surface area contributed by atoms with Crippen LogP contribution in [0.15, 0.2) is 39.7 Å². The number of benzene rings is 1. The summed E-state index contributed by atoms with van der Waals surface area (Å²) in [6, 6.07) is 7.42. The smallest absolute Gasteiger partial charge is 0.408 e. The first kappa shape index (κ1) is 15.9. The Labute approximate surface area is 138 Å². The second-order valence-electron chi connectivity index (χ2n) is 5.77. The van der Waals surface area contributed by atoms with E-state index in [1.165, 1.54) is 9.47 Å². The first-order valence-corrected chi connectivity index (χ1v) is 7.50. The number of aromatic nitrogens is 3. The van der Waals surface area contributed by atoms with Gasteiger partial charge in [0, 0.05) is 40.0 Å². The van der Waals surface area contributed by atoms with Gasteiger partial charge >= 0.3 is 5.76 Å².